The van der Waals surface area contributed by atoms with E-state index in [1.165, 1.54) is 6.08 Å². The molecule has 2 heterocycles. The molecule has 0 radical (unpaired) electrons. The summed E-state index contributed by atoms with van der Waals surface area (Å²) in [7, 11) is 0. The lowest BCUT2D eigenvalue weighted by Gasteiger charge is -2.19. The monoisotopic (exact) mass is 393 g/mol. The predicted molar refractivity (Wildman–Crippen MR) is 108 cm³/mol. The van der Waals surface area contributed by atoms with Gasteiger partial charge in [-0.2, -0.15) is 0 Å². The molecule has 7 heteroatoms. The van der Waals surface area contributed by atoms with Gasteiger partial charge in [0.25, 0.3) is 0 Å². The number of ketones is 1. The van der Waals surface area contributed by atoms with Gasteiger partial charge in [-0.25, -0.2) is 9.69 Å². The van der Waals surface area contributed by atoms with Crippen LogP contribution in [0.15, 0.2) is 49.1 Å². The minimum Gasteiger partial charge on any atom is -0.341 e. The van der Waals surface area contributed by atoms with E-state index >= 15 is 0 Å². The van der Waals surface area contributed by atoms with Crippen LogP contribution in [-0.2, 0) is 9.59 Å². The number of Topliss-reactive ketones (excluding diaryl/α,β-unsaturated/α-hetero) is 1. The summed E-state index contributed by atoms with van der Waals surface area (Å²) in [6.07, 6.45) is 1.35. The van der Waals surface area contributed by atoms with E-state index in [1.54, 1.807) is 6.07 Å². The van der Waals surface area contributed by atoms with E-state index in [2.05, 4.69) is 6.58 Å². The third kappa shape index (κ3) is 3.51. The molecule has 1 aliphatic rings. The highest BCUT2D eigenvalue weighted by molar-refractivity contribution is 6.45. The summed E-state index contributed by atoms with van der Waals surface area (Å²) in [5.41, 5.74) is 3.17. The average Bonchev–Trinajstić information content (AvgIpc) is 3.11. The largest absolute Gasteiger partial charge is 0.341 e. The molecular formula is C22H23N3O4. The summed E-state index contributed by atoms with van der Waals surface area (Å²) in [6, 6.07) is 10.9. The molecule has 150 valence electrons. The summed E-state index contributed by atoms with van der Waals surface area (Å²) < 4.78 is 2.05. The Labute approximate surface area is 169 Å². The molecule has 1 aliphatic heterocycles. The van der Waals surface area contributed by atoms with Crippen molar-refractivity contribution in [2.75, 3.05) is 13.1 Å². The number of nitrogens with zero attached hydrogens (tertiary/aromatic N) is 3. The van der Waals surface area contributed by atoms with E-state index in [0.29, 0.717) is 10.5 Å². The smallest absolute Gasteiger partial charge is 0.334 e. The summed E-state index contributed by atoms with van der Waals surface area (Å²) in [5, 5.41) is 0. The number of aromatic nitrogens is 1. The second-order valence-electron chi connectivity index (χ2n) is 7.04. The molecule has 1 saturated heterocycles. The Morgan fingerprint density at radius 2 is 1.69 bits per heavy atom. The highest BCUT2D eigenvalue weighted by Gasteiger charge is 2.44. The van der Waals surface area contributed by atoms with Crippen LogP contribution in [0.1, 0.15) is 40.3 Å². The molecule has 3 rings (SSSR count). The van der Waals surface area contributed by atoms with Crippen LogP contribution < -0.4 is 0 Å². The van der Waals surface area contributed by atoms with Crippen molar-refractivity contribution < 1.29 is 19.2 Å². The highest BCUT2D eigenvalue weighted by atomic mass is 16.2. The molecule has 0 bridgehead atoms. The van der Waals surface area contributed by atoms with Crippen molar-refractivity contribution in [3.05, 3.63) is 71.6 Å². The third-order valence-corrected chi connectivity index (χ3v) is 5.20. The number of aryl methyl sites for hydroxylation is 1. The Balaban J connectivity index is 1.86. The van der Waals surface area contributed by atoms with Crippen LogP contribution in [0.5, 0.6) is 0 Å². The van der Waals surface area contributed by atoms with Crippen molar-refractivity contribution in [2.24, 2.45) is 0 Å². The van der Waals surface area contributed by atoms with Gasteiger partial charge in [0.05, 0.1) is 12.6 Å². The zero-order chi connectivity index (χ0) is 21.3. The molecule has 1 atom stereocenters. The molecule has 1 fully saturated rings. The highest BCUT2D eigenvalue weighted by Crippen LogP contribution is 2.26. The van der Waals surface area contributed by atoms with Crippen molar-refractivity contribution in [3.8, 4) is 0 Å². The van der Waals surface area contributed by atoms with Crippen LogP contribution in [-0.4, -0.2) is 51.1 Å². The fourth-order valence-corrected chi connectivity index (χ4v) is 3.74. The fraction of sp³-hybridized carbons (Fsp3) is 0.273. The number of amides is 4. The zero-order valence-corrected chi connectivity index (χ0v) is 16.7. The second-order valence-corrected chi connectivity index (χ2v) is 7.04. The van der Waals surface area contributed by atoms with Crippen LogP contribution in [0.4, 0.5) is 4.79 Å². The van der Waals surface area contributed by atoms with Gasteiger partial charge in [0.2, 0.25) is 0 Å². The lowest BCUT2D eigenvalue weighted by molar-refractivity contribution is -0.142. The molecule has 7 nitrogen and oxygen atoms in total. The molecule has 0 aliphatic carbocycles. The number of urea groups is 1. The van der Waals surface area contributed by atoms with Gasteiger partial charge in [-0.05, 0) is 32.4 Å². The number of hydrogen-bond acceptors (Lipinski definition) is 4. The molecule has 4 amide bonds. The lowest BCUT2D eigenvalue weighted by atomic mass is 10.1. The van der Waals surface area contributed by atoms with Crippen molar-refractivity contribution in [3.63, 3.8) is 0 Å². The molecule has 2 aromatic rings. The van der Waals surface area contributed by atoms with Crippen LogP contribution >= 0.6 is 0 Å². The van der Waals surface area contributed by atoms with E-state index in [4.69, 9.17) is 0 Å². The van der Waals surface area contributed by atoms with Crippen LogP contribution in [0.3, 0.4) is 0 Å². The maximum atomic E-state index is 12.9. The Kier molecular flexibility index (Phi) is 5.50. The van der Waals surface area contributed by atoms with Crippen molar-refractivity contribution in [1.82, 2.24) is 14.4 Å². The van der Waals surface area contributed by atoms with Gasteiger partial charge in [-0.3, -0.25) is 19.3 Å². The number of hydrogen-bond donors (Lipinski definition) is 0. The molecule has 1 aromatic heterocycles. The van der Waals surface area contributed by atoms with Crippen molar-refractivity contribution in [1.29, 1.82) is 0 Å². The number of benzene rings is 1. The maximum absolute atomic E-state index is 12.9. The summed E-state index contributed by atoms with van der Waals surface area (Å²) in [5.74, 6) is -2.32. The standard InChI is InChI=1S/C22H23N3O4/c1-5-11-23-20(27)21(28)24(22(23)29)13-19(26)18-12-14(2)25(16(18)4)15(3)17-9-7-6-8-10-17/h5-10,12,15H,1,11,13H2,2-4H3/t15-/m1/s1. The van der Waals surface area contributed by atoms with E-state index in [1.807, 2.05) is 55.7 Å². The van der Waals surface area contributed by atoms with E-state index in [-0.39, 0.29) is 18.4 Å². The number of carbonyl (C=O) groups excluding carboxylic acids is 4. The first-order valence-corrected chi connectivity index (χ1v) is 9.32. The minimum atomic E-state index is -0.989. The Morgan fingerprint density at radius 1 is 1.07 bits per heavy atom. The average molecular weight is 393 g/mol. The first-order valence-electron chi connectivity index (χ1n) is 9.32. The molecular weight excluding hydrogens is 370 g/mol. The number of carbonyl (C=O) groups is 4. The van der Waals surface area contributed by atoms with Crippen LogP contribution in [0.25, 0.3) is 0 Å². The van der Waals surface area contributed by atoms with Gasteiger partial charge in [0, 0.05) is 23.5 Å². The van der Waals surface area contributed by atoms with E-state index < -0.39 is 24.4 Å². The lowest BCUT2D eigenvalue weighted by Crippen LogP contribution is -2.37. The number of imide groups is 2. The Hall–Kier alpha value is -3.48. The van der Waals surface area contributed by atoms with Gasteiger partial charge in [-0.1, -0.05) is 36.4 Å². The number of rotatable bonds is 7. The van der Waals surface area contributed by atoms with Crippen LogP contribution in [0, 0.1) is 13.8 Å². The first-order chi connectivity index (χ1) is 13.8. The van der Waals surface area contributed by atoms with Gasteiger partial charge in [-0.15, -0.1) is 6.58 Å². The van der Waals surface area contributed by atoms with E-state index in [9.17, 15) is 19.2 Å². The van der Waals surface area contributed by atoms with Gasteiger partial charge in [0.15, 0.2) is 5.78 Å². The van der Waals surface area contributed by atoms with E-state index in [0.717, 1.165) is 21.9 Å². The Bertz CT molecular complexity index is 1010. The Morgan fingerprint density at radius 3 is 2.31 bits per heavy atom. The fourth-order valence-electron chi connectivity index (χ4n) is 3.74. The molecule has 29 heavy (non-hydrogen) atoms. The molecule has 0 N–H and O–H groups in total. The maximum Gasteiger partial charge on any atom is 0.334 e. The zero-order valence-electron chi connectivity index (χ0n) is 16.7. The van der Waals surface area contributed by atoms with Crippen LogP contribution in [0.2, 0.25) is 0 Å². The molecule has 1 aromatic carbocycles. The SMILES string of the molecule is C=CCN1C(=O)C(=O)N(CC(=O)c2cc(C)n([C@H](C)c3ccccc3)c2C)C1=O. The topological polar surface area (TPSA) is 79.7 Å². The minimum absolute atomic E-state index is 0.0115. The normalized spacial score (nSPS) is 15.2. The van der Waals surface area contributed by atoms with Gasteiger partial charge in [0.1, 0.15) is 0 Å². The van der Waals surface area contributed by atoms with Crippen molar-refractivity contribution in [2.45, 2.75) is 26.8 Å². The first kappa shape index (κ1) is 20.3. The summed E-state index contributed by atoms with van der Waals surface area (Å²) in [4.78, 5) is 50.8. The van der Waals surface area contributed by atoms with Gasteiger partial charge >= 0.3 is 17.8 Å². The molecule has 0 saturated carbocycles. The molecule has 0 spiro atoms. The third-order valence-electron chi connectivity index (χ3n) is 5.20. The molecule has 0 unspecified atom stereocenters. The summed E-state index contributed by atoms with van der Waals surface area (Å²) >= 11 is 0. The summed E-state index contributed by atoms with van der Waals surface area (Å²) in [6.45, 7) is 8.72. The predicted octanol–water partition coefficient (Wildman–Crippen LogP) is 2.87. The van der Waals surface area contributed by atoms with Crippen molar-refractivity contribution >= 4 is 23.6 Å². The van der Waals surface area contributed by atoms with Gasteiger partial charge < -0.3 is 4.57 Å². The second kappa shape index (κ2) is 7.87. The quantitative estimate of drug-likeness (QED) is 0.314.